The third kappa shape index (κ3) is 43.1. The summed E-state index contributed by atoms with van der Waals surface area (Å²) in [5.41, 5.74) is 4.71. The quantitative estimate of drug-likeness (QED) is 0.0726. The Morgan fingerprint density at radius 3 is 1.31 bits per heavy atom. The molecule has 0 aromatic carbocycles. The number of hydrogen-bond donors (Lipinski definition) is 4. The van der Waals surface area contributed by atoms with E-state index >= 15 is 0 Å². The molecule has 39 heavy (non-hydrogen) atoms. The fourth-order valence-electron chi connectivity index (χ4n) is 2.52. The van der Waals surface area contributed by atoms with Gasteiger partial charge in [-0.25, -0.2) is 5.90 Å². The molecule has 8 atom stereocenters. The zero-order valence-electron chi connectivity index (χ0n) is 16.7. The molecule has 4 heterocycles. The monoisotopic (exact) mass is 619 g/mol. The number of rotatable bonds is 14. The van der Waals surface area contributed by atoms with Crippen molar-refractivity contribution in [2.24, 2.45) is 11.4 Å². The lowest BCUT2D eigenvalue weighted by Crippen LogP contribution is -2.12. The van der Waals surface area contributed by atoms with Gasteiger partial charge in [-0.2, -0.15) is 0 Å². The first-order valence-electron chi connectivity index (χ1n) is 10.1. The van der Waals surface area contributed by atoms with Crippen molar-refractivity contribution in [2.45, 2.75) is 143 Å². The Balaban J connectivity index is -0.0000000532. The van der Waals surface area contributed by atoms with Crippen molar-refractivity contribution in [1.29, 1.82) is 0 Å². The van der Waals surface area contributed by atoms with Gasteiger partial charge in [-0.15, -0.1) is 0 Å². The molecule has 4 aliphatic heterocycles. The fourth-order valence-corrected chi connectivity index (χ4v) is 3.37. The van der Waals surface area contributed by atoms with Crippen molar-refractivity contribution >= 4 is 17.8 Å². The Bertz CT molecular complexity index is 383. The number of epoxide rings is 4. The molecule has 6 N–H and O–H groups in total. The standard InChI is InChI=1S/C12H23O5P.C5H8O2.10CH4.H5N2OP/c13-9(5-11-7-15-11)1-3-17-18-4-2-10(14)6-12-8-16-12;1(4-2-6-4)5-3-7-5;;;;;;;;;;;1-3-4-2/h9-14,18H,1-8H2;4-5H,1-3H2;10*1H4;4H,1-2H2. The highest BCUT2D eigenvalue weighted by atomic mass is 31.1. The van der Waals surface area contributed by atoms with Crippen molar-refractivity contribution in [2.75, 3.05) is 39.2 Å². The van der Waals surface area contributed by atoms with Gasteiger partial charge in [0.15, 0.2) is 0 Å². The molecule has 4 fully saturated rings. The first kappa shape index (κ1) is 62.9. The molecule has 0 aromatic rings. The van der Waals surface area contributed by atoms with Crippen LogP contribution in [0.1, 0.15) is 106 Å². The Labute approximate surface area is 249 Å². The summed E-state index contributed by atoms with van der Waals surface area (Å²) in [6, 6.07) is 0. The second kappa shape index (κ2) is 38.5. The Morgan fingerprint density at radius 2 is 1.00 bits per heavy atom. The van der Waals surface area contributed by atoms with Crippen molar-refractivity contribution < 1.29 is 38.3 Å². The van der Waals surface area contributed by atoms with E-state index in [1.165, 1.54) is 0 Å². The third-order valence-electron chi connectivity index (χ3n) is 4.51. The van der Waals surface area contributed by atoms with Gasteiger partial charge in [0.1, 0.15) is 8.96 Å². The van der Waals surface area contributed by atoms with E-state index in [4.69, 9.17) is 29.0 Å². The molecule has 4 aliphatic rings. The lowest BCUT2D eigenvalue weighted by atomic mass is 10.1. The minimum absolute atomic E-state index is 0. The zero-order chi connectivity index (χ0) is 20.9. The summed E-state index contributed by atoms with van der Waals surface area (Å²) in [7, 11) is 0.328. The minimum Gasteiger partial charge on any atom is -0.393 e. The Kier molecular flexibility index (Phi) is 62.0. The maximum absolute atomic E-state index is 9.63. The molecule has 0 amide bonds. The highest BCUT2D eigenvalue weighted by Crippen LogP contribution is 2.24. The van der Waals surface area contributed by atoms with E-state index in [9.17, 15) is 10.2 Å². The van der Waals surface area contributed by atoms with E-state index in [1.54, 1.807) is 0 Å². The summed E-state index contributed by atoms with van der Waals surface area (Å²) >= 11 is 0. The van der Waals surface area contributed by atoms with Crippen molar-refractivity contribution in [3.63, 3.8) is 0 Å². The van der Waals surface area contributed by atoms with Crippen LogP contribution in [0, 0.1) is 0 Å². The molecule has 10 nitrogen and oxygen atoms in total. The fraction of sp³-hybridized carbons (Fsp3) is 1.00. The first-order chi connectivity index (χ1) is 14.1. The predicted octanol–water partition coefficient (Wildman–Crippen LogP) is 6.56. The van der Waals surface area contributed by atoms with Crippen LogP contribution >= 0.6 is 17.8 Å². The summed E-state index contributed by atoms with van der Waals surface area (Å²) in [5, 5.41) is 19.2. The van der Waals surface area contributed by atoms with Gasteiger partial charge in [0.2, 0.25) is 0 Å². The molecule has 4 saturated heterocycles. The van der Waals surface area contributed by atoms with Crippen LogP contribution in [0.4, 0.5) is 0 Å². The number of ether oxygens (including phenoxy) is 4. The number of nitrogens with two attached hydrogens (primary N) is 2. The normalized spacial score (nSPS) is 23.1. The predicted molar refractivity (Wildman–Crippen MR) is 178 cm³/mol. The lowest BCUT2D eigenvalue weighted by Gasteiger charge is -2.10. The van der Waals surface area contributed by atoms with Gasteiger partial charge in [-0.3, -0.25) is 10.1 Å². The molecule has 12 heteroatoms. The van der Waals surface area contributed by atoms with Crippen LogP contribution in [-0.2, 0) is 28.1 Å². The summed E-state index contributed by atoms with van der Waals surface area (Å²) in [4.78, 5) is 0. The highest BCUT2D eigenvalue weighted by molar-refractivity contribution is 7.32. The molecule has 0 spiro atoms. The average Bonchev–Trinajstić information content (AvgIpc) is 3.56. The third-order valence-corrected chi connectivity index (χ3v) is 5.55. The van der Waals surface area contributed by atoms with E-state index in [-0.39, 0.29) is 102 Å². The van der Waals surface area contributed by atoms with E-state index in [0.717, 1.165) is 58.3 Å². The largest absolute Gasteiger partial charge is 0.393 e. The van der Waals surface area contributed by atoms with Gasteiger partial charge in [-0.05, 0) is 19.0 Å². The van der Waals surface area contributed by atoms with Gasteiger partial charge in [-0.1, -0.05) is 74.3 Å². The van der Waals surface area contributed by atoms with E-state index in [2.05, 4.69) is 10.5 Å². The minimum atomic E-state index is -0.306. The van der Waals surface area contributed by atoms with Crippen LogP contribution in [0.5, 0.6) is 0 Å². The molecule has 4 rings (SSSR count). The van der Waals surface area contributed by atoms with Crippen molar-refractivity contribution in [3.05, 3.63) is 0 Å². The second-order valence-electron chi connectivity index (χ2n) is 7.39. The summed E-state index contributed by atoms with van der Waals surface area (Å²) in [5.74, 6) is 4.42. The summed E-state index contributed by atoms with van der Waals surface area (Å²) in [6.45, 7) is 4.13. The van der Waals surface area contributed by atoms with Crippen LogP contribution < -0.4 is 11.4 Å². The van der Waals surface area contributed by atoms with Gasteiger partial charge in [0, 0.05) is 28.1 Å². The molecular formula is C27H76N2O8P2. The summed E-state index contributed by atoms with van der Waals surface area (Å²) < 4.78 is 29.4. The average molecular weight is 619 g/mol. The molecule has 0 saturated carbocycles. The smallest absolute Gasteiger partial charge is 0.109 e. The number of aliphatic hydroxyl groups excluding tert-OH is 2. The SMILES string of the molecule is C.C.C.C.C.C.C.C.C.C.C1OC1CC1CO1.NOPN.OC(CCOPCCC(O)CC1CO1)CC1CO1. The van der Waals surface area contributed by atoms with Crippen LogP contribution in [0.2, 0.25) is 0 Å². The maximum atomic E-state index is 9.63. The van der Waals surface area contributed by atoms with Gasteiger partial charge in [0.25, 0.3) is 0 Å². The number of aliphatic hydroxyl groups is 2. The van der Waals surface area contributed by atoms with Gasteiger partial charge >= 0.3 is 0 Å². The van der Waals surface area contributed by atoms with Crippen LogP contribution in [0.15, 0.2) is 0 Å². The lowest BCUT2D eigenvalue weighted by molar-refractivity contribution is 0.124. The van der Waals surface area contributed by atoms with Gasteiger partial charge in [0.05, 0.1) is 69.7 Å². The van der Waals surface area contributed by atoms with Gasteiger partial charge < -0.3 is 33.7 Å². The Morgan fingerprint density at radius 1 is 0.667 bits per heavy atom. The molecular weight excluding hydrogens is 542 g/mol. The Hall–Kier alpha value is 0.460. The molecule has 0 aromatic heterocycles. The number of hydrogen-bond acceptors (Lipinski definition) is 10. The molecule has 8 unspecified atom stereocenters. The van der Waals surface area contributed by atoms with Crippen molar-refractivity contribution in [1.82, 2.24) is 0 Å². The summed E-state index contributed by atoms with van der Waals surface area (Å²) in [6.07, 6.45) is 6.09. The molecule has 0 bridgehead atoms. The first-order valence-corrected chi connectivity index (χ1v) is 12.2. The molecule has 0 aliphatic carbocycles. The van der Waals surface area contributed by atoms with Crippen molar-refractivity contribution in [3.8, 4) is 0 Å². The molecule has 0 radical (unpaired) electrons. The van der Waals surface area contributed by atoms with E-state index in [1.807, 2.05) is 0 Å². The second-order valence-corrected chi connectivity index (χ2v) is 8.94. The van der Waals surface area contributed by atoms with Crippen LogP contribution in [-0.4, -0.2) is 86.0 Å². The van der Waals surface area contributed by atoms with E-state index < -0.39 is 0 Å². The highest BCUT2D eigenvalue weighted by Gasteiger charge is 2.33. The topological polar surface area (TPSA) is 161 Å². The van der Waals surface area contributed by atoms with Crippen LogP contribution in [0.25, 0.3) is 0 Å². The van der Waals surface area contributed by atoms with E-state index in [0.29, 0.717) is 40.1 Å². The van der Waals surface area contributed by atoms with Crippen LogP contribution in [0.3, 0.4) is 0 Å². The molecule has 252 valence electrons. The zero-order valence-corrected chi connectivity index (χ0v) is 18.7. The maximum Gasteiger partial charge on any atom is 0.109 e.